The summed E-state index contributed by atoms with van der Waals surface area (Å²) in [5.74, 6) is -1.43. The highest BCUT2D eigenvalue weighted by molar-refractivity contribution is 5.77. The molecule has 2 saturated heterocycles. The highest BCUT2D eigenvalue weighted by Crippen LogP contribution is 2.41. The van der Waals surface area contributed by atoms with Crippen molar-refractivity contribution in [3.8, 4) is 0 Å². The van der Waals surface area contributed by atoms with Crippen molar-refractivity contribution in [3.63, 3.8) is 0 Å². The standard InChI is InChI=1S/C12H19NO5/c1-11(2,3)18-10(16)13-5-4-8(9(14)15)12(13)6-17-7-12/h8H,4-7H2,1-3H3,(H,14,15). The third-order valence-corrected chi connectivity index (χ3v) is 3.44. The molecule has 6 nitrogen and oxygen atoms in total. The van der Waals surface area contributed by atoms with E-state index < -0.39 is 29.1 Å². The Morgan fingerprint density at radius 1 is 1.39 bits per heavy atom. The fourth-order valence-electron chi connectivity index (χ4n) is 2.55. The number of ether oxygens (including phenoxy) is 2. The van der Waals surface area contributed by atoms with E-state index in [0.717, 1.165) is 0 Å². The van der Waals surface area contributed by atoms with Crippen molar-refractivity contribution in [2.75, 3.05) is 19.8 Å². The first-order chi connectivity index (χ1) is 8.26. The largest absolute Gasteiger partial charge is 0.481 e. The number of carboxylic acid groups (broad SMARTS) is 1. The molecule has 1 atom stereocenters. The second-order valence-corrected chi connectivity index (χ2v) is 5.91. The summed E-state index contributed by atoms with van der Waals surface area (Å²) in [7, 11) is 0. The third kappa shape index (κ3) is 2.05. The lowest BCUT2D eigenvalue weighted by Crippen LogP contribution is -2.65. The van der Waals surface area contributed by atoms with Crippen LogP contribution in [-0.4, -0.2) is 53.0 Å². The maximum atomic E-state index is 12.1. The lowest BCUT2D eigenvalue weighted by Gasteiger charge is -2.47. The van der Waals surface area contributed by atoms with Crippen molar-refractivity contribution in [2.24, 2.45) is 5.92 Å². The summed E-state index contributed by atoms with van der Waals surface area (Å²) in [6, 6.07) is 0. The minimum Gasteiger partial charge on any atom is -0.481 e. The smallest absolute Gasteiger partial charge is 0.410 e. The van der Waals surface area contributed by atoms with E-state index in [4.69, 9.17) is 9.47 Å². The van der Waals surface area contributed by atoms with Crippen LogP contribution in [0.2, 0.25) is 0 Å². The van der Waals surface area contributed by atoms with Gasteiger partial charge < -0.3 is 14.6 Å². The molecule has 2 fully saturated rings. The first-order valence-corrected chi connectivity index (χ1v) is 6.07. The Balaban J connectivity index is 2.15. The molecule has 1 unspecified atom stereocenters. The number of hydrogen-bond acceptors (Lipinski definition) is 4. The molecule has 1 amide bonds. The number of likely N-dealkylation sites (tertiary alicyclic amines) is 1. The summed E-state index contributed by atoms with van der Waals surface area (Å²) in [5, 5.41) is 9.21. The van der Waals surface area contributed by atoms with Gasteiger partial charge in [0.05, 0.1) is 19.1 Å². The number of nitrogens with zero attached hydrogens (tertiary/aromatic N) is 1. The van der Waals surface area contributed by atoms with E-state index >= 15 is 0 Å². The number of carboxylic acids is 1. The number of amides is 1. The summed E-state index contributed by atoms with van der Waals surface area (Å²) in [6.07, 6.45) is 0.00680. The molecule has 2 heterocycles. The highest BCUT2D eigenvalue weighted by atomic mass is 16.6. The topological polar surface area (TPSA) is 76.1 Å². The van der Waals surface area contributed by atoms with Crippen LogP contribution < -0.4 is 0 Å². The molecule has 6 heteroatoms. The fourth-order valence-corrected chi connectivity index (χ4v) is 2.55. The molecule has 1 spiro atoms. The number of rotatable bonds is 1. The van der Waals surface area contributed by atoms with Gasteiger partial charge in [0.15, 0.2) is 0 Å². The van der Waals surface area contributed by atoms with Crippen molar-refractivity contribution in [2.45, 2.75) is 38.3 Å². The molecule has 102 valence electrons. The quantitative estimate of drug-likeness (QED) is 0.761. The van der Waals surface area contributed by atoms with E-state index in [1.807, 2.05) is 0 Å². The summed E-state index contributed by atoms with van der Waals surface area (Å²) in [5.41, 5.74) is -1.28. The van der Waals surface area contributed by atoms with Gasteiger partial charge in [-0.15, -0.1) is 0 Å². The first kappa shape index (κ1) is 13.1. The van der Waals surface area contributed by atoms with Gasteiger partial charge >= 0.3 is 12.1 Å². The van der Waals surface area contributed by atoms with Gasteiger partial charge in [0.1, 0.15) is 11.1 Å². The molecular weight excluding hydrogens is 238 g/mol. The van der Waals surface area contributed by atoms with Crippen molar-refractivity contribution in [1.29, 1.82) is 0 Å². The Labute approximate surface area is 106 Å². The van der Waals surface area contributed by atoms with Crippen molar-refractivity contribution < 1.29 is 24.2 Å². The summed E-state index contributed by atoms with van der Waals surface area (Å²) in [4.78, 5) is 24.9. The lowest BCUT2D eigenvalue weighted by molar-refractivity contribution is -0.167. The molecular formula is C12H19NO5. The van der Waals surface area contributed by atoms with E-state index in [9.17, 15) is 14.7 Å². The fraction of sp³-hybridized carbons (Fsp3) is 0.833. The normalized spacial score (nSPS) is 25.9. The van der Waals surface area contributed by atoms with E-state index in [0.29, 0.717) is 13.0 Å². The number of carbonyl (C=O) groups excluding carboxylic acids is 1. The Bertz CT molecular complexity index is 369. The number of carbonyl (C=O) groups is 2. The molecule has 2 aliphatic heterocycles. The highest BCUT2D eigenvalue weighted by Gasteiger charge is 2.59. The second kappa shape index (κ2) is 4.12. The van der Waals surface area contributed by atoms with Crippen LogP contribution >= 0.6 is 0 Å². The predicted molar refractivity (Wildman–Crippen MR) is 62.2 cm³/mol. The molecule has 0 aromatic heterocycles. The third-order valence-electron chi connectivity index (χ3n) is 3.44. The summed E-state index contributed by atoms with van der Waals surface area (Å²) >= 11 is 0. The van der Waals surface area contributed by atoms with E-state index in [-0.39, 0.29) is 13.2 Å². The van der Waals surface area contributed by atoms with E-state index in [1.54, 1.807) is 20.8 Å². The minimum atomic E-state index is -0.871. The van der Waals surface area contributed by atoms with Crippen LogP contribution in [0, 0.1) is 5.92 Å². The Hall–Kier alpha value is -1.30. The first-order valence-electron chi connectivity index (χ1n) is 6.07. The van der Waals surface area contributed by atoms with Gasteiger partial charge in [0.25, 0.3) is 0 Å². The van der Waals surface area contributed by atoms with E-state index in [2.05, 4.69) is 0 Å². The van der Waals surface area contributed by atoms with Crippen LogP contribution in [0.5, 0.6) is 0 Å². The van der Waals surface area contributed by atoms with Crippen LogP contribution in [0.3, 0.4) is 0 Å². The molecule has 0 aliphatic carbocycles. The zero-order chi connectivity index (χ0) is 13.6. The number of aliphatic carboxylic acids is 1. The minimum absolute atomic E-state index is 0.281. The van der Waals surface area contributed by atoms with Gasteiger partial charge in [-0.2, -0.15) is 0 Å². The molecule has 0 aromatic carbocycles. The zero-order valence-corrected chi connectivity index (χ0v) is 10.9. The molecule has 18 heavy (non-hydrogen) atoms. The SMILES string of the molecule is CC(C)(C)OC(=O)N1CCC(C(=O)O)C12COC2. The summed E-state index contributed by atoms with van der Waals surface area (Å²) < 4.78 is 10.5. The van der Waals surface area contributed by atoms with Gasteiger partial charge in [-0.25, -0.2) is 4.79 Å². The van der Waals surface area contributed by atoms with Crippen LogP contribution in [0.1, 0.15) is 27.2 Å². The molecule has 0 aromatic rings. The van der Waals surface area contributed by atoms with Gasteiger partial charge in [0, 0.05) is 6.54 Å². The van der Waals surface area contributed by atoms with Crippen LogP contribution in [0.4, 0.5) is 4.79 Å². The van der Waals surface area contributed by atoms with Gasteiger partial charge in [-0.1, -0.05) is 0 Å². The summed E-state index contributed by atoms with van der Waals surface area (Å²) in [6.45, 7) is 6.35. The molecule has 2 aliphatic rings. The molecule has 0 radical (unpaired) electrons. The van der Waals surface area contributed by atoms with Crippen molar-refractivity contribution in [3.05, 3.63) is 0 Å². The van der Waals surface area contributed by atoms with Crippen LogP contribution in [-0.2, 0) is 14.3 Å². The Kier molecular flexibility index (Phi) is 3.01. The number of hydrogen-bond donors (Lipinski definition) is 1. The van der Waals surface area contributed by atoms with Crippen LogP contribution in [0.25, 0.3) is 0 Å². The maximum absolute atomic E-state index is 12.1. The predicted octanol–water partition coefficient (Wildman–Crippen LogP) is 1.10. The maximum Gasteiger partial charge on any atom is 0.410 e. The average Bonchev–Trinajstić information content (AvgIpc) is 2.52. The Morgan fingerprint density at radius 3 is 2.39 bits per heavy atom. The van der Waals surface area contributed by atoms with Crippen molar-refractivity contribution >= 4 is 12.1 Å². The zero-order valence-electron chi connectivity index (χ0n) is 10.9. The second-order valence-electron chi connectivity index (χ2n) is 5.91. The average molecular weight is 257 g/mol. The van der Waals surface area contributed by atoms with Gasteiger partial charge in [-0.05, 0) is 27.2 Å². The lowest BCUT2D eigenvalue weighted by atomic mass is 9.83. The molecule has 2 rings (SSSR count). The van der Waals surface area contributed by atoms with Gasteiger partial charge in [-0.3, -0.25) is 9.69 Å². The van der Waals surface area contributed by atoms with Crippen LogP contribution in [0.15, 0.2) is 0 Å². The van der Waals surface area contributed by atoms with E-state index in [1.165, 1.54) is 4.90 Å². The molecule has 1 N–H and O–H groups in total. The van der Waals surface area contributed by atoms with Crippen molar-refractivity contribution in [1.82, 2.24) is 4.90 Å². The monoisotopic (exact) mass is 257 g/mol. The molecule has 0 saturated carbocycles. The molecule has 0 bridgehead atoms. The Morgan fingerprint density at radius 2 is 2.00 bits per heavy atom. The van der Waals surface area contributed by atoms with Gasteiger partial charge in [0.2, 0.25) is 0 Å².